The largest absolute Gasteiger partial charge is 1.00 e. The monoisotopic (exact) mass is 791 g/mol. The van der Waals surface area contributed by atoms with Crippen LogP contribution < -0.4 is 18.8 Å². The Morgan fingerprint density at radius 2 is 0.383 bits per heavy atom. The number of hydrogen-bond donors (Lipinski definition) is 0. The third kappa shape index (κ3) is 14.8. The van der Waals surface area contributed by atoms with Gasteiger partial charge in [0.05, 0.1) is 21.8 Å². The van der Waals surface area contributed by atoms with E-state index < -0.39 is 7.54 Å². The molecular formula is C36H30BF7S2Sb-2. The average molecular weight is 792 g/mol. The molecule has 0 amide bonds. The van der Waals surface area contributed by atoms with Gasteiger partial charge in [-0.05, 0) is 72.8 Å². The minimum atomic E-state index is -3.67. The van der Waals surface area contributed by atoms with Crippen LogP contribution in [0.1, 0.15) is 0 Å². The molecule has 0 nitrogen and oxygen atoms in total. The summed E-state index contributed by atoms with van der Waals surface area (Å²) in [5.74, 6) is 0. The van der Waals surface area contributed by atoms with E-state index >= 15 is 0 Å². The molecule has 0 aliphatic heterocycles. The van der Waals surface area contributed by atoms with E-state index in [4.69, 9.17) is 0 Å². The molecule has 11 heteroatoms. The Kier molecular flexibility index (Phi) is 24.7. The number of benzene rings is 6. The second kappa shape index (κ2) is 25.5. The Morgan fingerprint density at radius 3 is 0.489 bits per heavy atom. The zero-order chi connectivity index (χ0) is 29.4. The first kappa shape index (κ1) is 45.5. The van der Waals surface area contributed by atoms with Crippen LogP contribution in [0.2, 0.25) is 0 Å². The molecule has 0 heterocycles. The molecule has 3 radical (unpaired) electrons. The van der Waals surface area contributed by atoms with Gasteiger partial charge in [0.2, 0.25) is 0 Å². The van der Waals surface area contributed by atoms with Gasteiger partial charge in [-0.25, -0.2) is 0 Å². The first-order chi connectivity index (χ1) is 20.6. The van der Waals surface area contributed by atoms with Crippen molar-refractivity contribution in [3.05, 3.63) is 182 Å². The van der Waals surface area contributed by atoms with Crippen molar-refractivity contribution in [3.63, 3.8) is 0 Å². The van der Waals surface area contributed by atoms with Gasteiger partial charge < -0.3 is 18.8 Å². The summed E-state index contributed by atoms with van der Waals surface area (Å²) >= 11 is 0. The fourth-order valence-electron chi connectivity index (χ4n) is 4.16. The Bertz CT molecular complexity index is 1250. The van der Waals surface area contributed by atoms with E-state index in [9.17, 15) is 12.9 Å². The Hall–Kier alpha value is -3.59. The molecule has 0 atom stereocenters. The van der Waals surface area contributed by atoms with E-state index in [1.807, 2.05) is 0 Å². The summed E-state index contributed by atoms with van der Waals surface area (Å²) in [7, 11) is -3.70. The Labute approximate surface area is 295 Å². The van der Waals surface area contributed by atoms with E-state index in [2.05, 4.69) is 182 Å². The standard InChI is InChI=1S/2C18H15S.BF3.4FH.Sb/c2*1-4-10-16(11-5-1)19(17-12-6-2-7-13-17)18-14-8-3-9-15-18;2-1(3)4;;;;;/h2*1-15H;;4*1H;/q2*+1;;;;;;/p-4. The zero-order valence-corrected chi connectivity index (χ0v) is 29.0. The summed E-state index contributed by atoms with van der Waals surface area (Å²) < 4.78 is 29.0. The minimum absolute atomic E-state index is 0. The molecule has 0 spiro atoms. The molecule has 245 valence electrons. The van der Waals surface area contributed by atoms with E-state index in [1.165, 1.54) is 29.4 Å². The van der Waals surface area contributed by atoms with Gasteiger partial charge in [-0.2, -0.15) is 0 Å². The van der Waals surface area contributed by atoms with Crippen LogP contribution in [0.15, 0.2) is 211 Å². The van der Waals surface area contributed by atoms with Gasteiger partial charge in [-0.1, -0.05) is 109 Å². The molecule has 47 heavy (non-hydrogen) atoms. The average Bonchev–Trinajstić information content (AvgIpc) is 3.05. The predicted octanol–water partition coefficient (Wildman–Crippen LogP) is -1.92. The summed E-state index contributed by atoms with van der Waals surface area (Å²) in [5.41, 5.74) is 0. The molecular weight excluding hydrogens is 762 g/mol. The van der Waals surface area contributed by atoms with Crippen LogP contribution in [0, 0.1) is 0 Å². The molecule has 6 aromatic carbocycles. The van der Waals surface area contributed by atoms with Crippen molar-refractivity contribution in [1.29, 1.82) is 0 Å². The van der Waals surface area contributed by atoms with Crippen LogP contribution in [0.5, 0.6) is 0 Å². The van der Waals surface area contributed by atoms with Gasteiger partial charge in [0, 0.05) is 24.4 Å². The van der Waals surface area contributed by atoms with E-state index in [0.717, 1.165) is 0 Å². The van der Waals surface area contributed by atoms with Crippen LogP contribution in [0.25, 0.3) is 0 Å². The van der Waals surface area contributed by atoms with Gasteiger partial charge in [0.25, 0.3) is 0 Å². The van der Waals surface area contributed by atoms with Crippen LogP contribution >= 0.6 is 0 Å². The fraction of sp³-hybridized carbons (Fsp3) is 0. The van der Waals surface area contributed by atoms with Gasteiger partial charge in [-0.15, -0.1) is 0 Å². The minimum Gasteiger partial charge on any atom is -1.00 e. The molecule has 0 aromatic heterocycles. The predicted molar refractivity (Wildman–Crippen MR) is 178 cm³/mol. The summed E-state index contributed by atoms with van der Waals surface area (Å²) in [6.45, 7) is 0. The van der Waals surface area contributed by atoms with Crippen LogP contribution in [0.4, 0.5) is 12.9 Å². The van der Waals surface area contributed by atoms with Crippen molar-refractivity contribution < 1.29 is 31.8 Å². The van der Waals surface area contributed by atoms with Crippen molar-refractivity contribution in [2.75, 3.05) is 0 Å². The van der Waals surface area contributed by atoms with Crippen molar-refractivity contribution in [1.82, 2.24) is 0 Å². The molecule has 0 N–H and O–H groups in total. The Morgan fingerprint density at radius 1 is 0.277 bits per heavy atom. The van der Waals surface area contributed by atoms with Crippen molar-refractivity contribution in [2.45, 2.75) is 29.4 Å². The SMILES string of the molecule is FB(F)F.[F-].[F-].[F-].[F-].[Sb].c1ccc([S+](c2ccccc2)c2ccccc2)cc1.c1ccc([S+](c2ccccc2)c2ccccc2)cc1. The maximum Gasteiger partial charge on any atom is 0.762 e. The van der Waals surface area contributed by atoms with Gasteiger partial charge in [-0.3, -0.25) is 12.9 Å². The molecule has 0 saturated carbocycles. The van der Waals surface area contributed by atoms with Crippen molar-refractivity contribution in [2.24, 2.45) is 0 Å². The molecule has 0 saturated heterocycles. The second-order valence-corrected chi connectivity index (χ2v) is 12.8. The molecule has 6 aromatic rings. The summed E-state index contributed by atoms with van der Waals surface area (Å²) in [5, 5.41) is 0. The molecule has 0 aliphatic rings. The molecule has 0 bridgehead atoms. The van der Waals surface area contributed by atoms with Gasteiger partial charge in [0.15, 0.2) is 29.4 Å². The van der Waals surface area contributed by atoms with Crippen LogP contribution in [0.3, 0.4) is 0 Å². The van der Waals surface area contributed by atoms with E-state index in [0.29, 0.717) is 0 Å². The third-order valence-corrected chi connectivity index (χ3v) is 10.3. The first-order valence-corrected chi connectivity index (χ1v) is 15.8. The third-order valence-electron chi connectivity index (χ3n) is 5.87. The first-order valence-electron chi connectivity index (χ1n) is 13.3. The van der Waals surface area contributed by atoms with Crippen LogP contribution in [-0.4, -0.2) is 32.0 Å². The van der Waals surface area contributed by atoms with Crippen molar-refractivity contribution in [3.8, 4) is 0 Å². The number of halogens is 7. The fourth-order valence-corrected chi connectivity index (χ4v) is 8.36. The molecule has 0 aliphatic carbocycles. The maximum absolute atomic E-state index is 9.67. The zero-order valence-electron chi connectivity index (χ0n) is 24.8. The topological polar surface area (TPSA) is 0 Å². The summed E-state index contributed by atoms with van der Waals surface area (Å²) in [4.78, 5) is 8.17. The van der Waals surface area contributed by atoms with Crippen molar-refractivity contribution >= 4 is 53.8 Å². The Balaban J connectivity index is 0. The summed E-state index contributed by atoms with van der Waals surface area (Å²) in [6.07, 6.45) is 0. The number of hydrogen-bond acceptors (Lipinski definition) is 0. The van der Waals surface area contributed by atoms with Crippen LogP contribution in [-0.2, 0) is 21.8 Å². The quantitative estimate of drug-likeness (QED) is 0.105. The molecule has 0 unspecified atom stereocenters. The maximum atomic E-state index is 9.67. The van der Waals surface area contributed by atoms with E-state index in [1.54, 1.807) is 0 Å². The van der Waals surface area contributed by atoms with E-state index in [-0.39, 0.29) is 65.0 Å². The van der Waals surface area contributed by atoms with Gasteiger partial charge >= 0.3 is 7.54 Å². The normalized spacial score (nSPS) is 9.13. The molecule has 0 fully saturated rings. The number of rotatable bonds is 6. The van der Waals surface area contributed by atoms with Gasteiger partial charge in [0.1, 0.15) is 0 Å². The smallest absolute Gasteiger partial charge is 0.762 e. The second-order valence-electron chi connectivity index (χ2n) is 8.74. The summed E-state index contributed by atoms with van der Waals surface area (Å²) in [6, 6.07) is 64.3. The molecule has 6 rings (SSSR count).